The van der Waals surface area contributed by atoms with Crippen LogP contribution in [0.15, 0.2) is 54.9 Å². The molecule has 0 amide bonds. The van der Waals surface area contributed by atoms with E-state index in [2.05, 4.69) is 51.0 Å². The number of hydrogen-bond donors (Lipinski definition) is 1. The first-order chi connectivity index (χ1) is 15.0. The predicted molar refractivity (Wildman–Crippen MR) is 124 cm³/mol. The average Bonchev–Trinajstić information content (AvgIpc) is 2.79. The smallest absolute Gasteiger partial charge is 0.208 e. The lowest BCUT2D eigenvalue weighted by Crippen LogP contribution is -2.52. The number of anilines is 1. The van der Waals surface area contributed by atoms with E-state index in [1.807, 2.05) is 12.3 Å². The van der Waals surface area contributed by atoms with Crippen LogP contribution in [-0.4, -0.2) is 51.5 Å². The minimum Gasteiger partial charge on any atom is -0.378 e. The van der Waals surface area contributed by atoms with E-state index in [1.165, 1.54) is 11.8 Å². The summed E-state index contributed by atoms with van der Waals surface area (Å²) >= 11 is 0. The van der Waals surface area contributed by atoms with Crippen molar-refractivity contribution in [2.24, 2.45) is 5.92 Å². The molecule has 2 atom stereocenters. The lowest BCUT2D eigenvalue weighted by atomic mass is 9.82. The molecular weight excluding hydrogens is 410 g/mol. The molecule has 0 radical (unpaired) electrons. The van der Waals surface area contributed by atoms with Crippen molar-refractivity contribution in [3.63, 3.8) is 0 Å². The largest absolute Gasteiger partial charge is 0.378 e. The van der Waals surface area contributed by atoms with Crippen LogP contribution in [0, 0.1) is 5.92 Å². The second-order valence-electron chi connectivity index (χ2n) is 8.92. The molecular formula is C24H33N3O3S. The van der Waals surface area contributed by atoms with E-state index in [9.17, 15) is 8.42 Å². The van der Waals surface area contributed by atoms with Gasteiger partial charge in [0.1, 0.15) is 0 Å². The van der Waals surface area contributed by atoms with E-state index in [0.717, 1.165) is 50.9 Å². The summed E-state index contributed by atoms with van der Waals surface area (Å²) in [5, 5.41) is 0. The van der Waals surface area contributed by atoms with Gasteiger partial charge in [0.15, 0.2) is 0 Å². The number of benzene rings is 1. The quantitative estimate of drug-likeness (QED) is 0.708. The molecule has 1 N–H and O–H groups in total. The molecule has 168 valence electrons. The van der Waals surface area contributed by atoms with E-state index < -0.39 is 10.0 Å². The number of piperidine rings is 1. The van der Waals surface area contributed by atoms with Gasteiger partial charge in [-0.2, -0.15) is 0 Å². The lowest BCUT2D eigenvalue weighted by Gasteiger charge is -2.40. The van der Waals surface area contributed by atoms with Gasteiger partial charge in [-0.3, -0.25) is 4.98 Å². The lowest BCUT2D eigenvalue weighted by molar-refractivity contribution is -0.00210. The van der Waals surface area contributed by atoms with Crippen LogP contribution in [0.1, 0.15) is 43.6 Å². The highest BCUT2D eigenvalue weighted by Gasteiger charge is 2.33. The van der Waals surface area contributed by atoms with Gasteiger partial charge in [0.2, 0.25) is 10.0 Å². The van der Waals surface area contributed by atoms with Crippen LogP contribution in [0.2, 0.25) is 0 Å². The fraction of sp³-hybridized carbons (Fsp3) is 0.542. The van der Waals surface area contributed by atoms with E-state index in [0.29, 0.717) is 12.5 Å². The maximum absolute atomic E-state index is 11.9. The Bertz CT molecular complexity index is 916. The topological polar surface area (TPSA) is 71.5 Å². The van der Waals surface area contributed by atoms with Crippen molar-refractivity contribution in [3.05, 3.63) is 60.4 Å². The van der Waals surface area contributed by atoms with Crippen molar-refractivity contribution in [1.29, 1.82) is 0 Å². The van der Waals surface area contributed by atoms with Crippen LogP contribution in [0.4, 0.5) is 5.69 Å². The van der Waals surface area contributed by atoms with Crippen LogP contribution in [0.3, 0.4) is 0 Å². The summed E-state index contributed by atoms with van der Waals surface area (Å²) in [4.78, 5) is 6.52. The molecule has 2 aliphatic rings. The van der Waals surface area contributed by atoms with Crippen LogP contribution in [0.25, 0.3) is 0 Å². The second kappa shape index (κ2) is 10.1. The molecule has 1 saturated carbocycles. The molecule has 1 aliphatic heterocycles. The van der Waals surface area contributed by atoms with E-state index >= 15 is 0 Å². The van der Waals surface area contributed by atoms with Gasteiger partial charge >= 0.3 is 0 Å². The Morgan fingerprint density at radius 1 is 1.06 bits per heavy atom. The Hall–Kier alpha value is -1.96. The molecule has 6 nitrogen and oxygen atoms in total. The Labute approximate surface area is 186 Å². The molecule has 0 bridgehead atoms. The van der Waals surface area contributed by atoms with Gasteiger partial charge in [0.25, 0.3) is 0 Å². The van der Waals surface area contributed by atoms with Crippen molar-refractivity contribution >= 4 is 15.7 Å². The third-order valence-electron chi connectivity index (χ3n) is 6.60. The fourth-order valence-corrected chi connectivity index (χ4v) is 5.81. The van der Waals surface area contributed by atoms with Crippen LogP contribution >= 0.6 is 0 Å². The molecule has 1 aromatic carbocycles. The SMILES string of the molecule is CS(=O)(=O)NC1CCN(c2cccnc2)C[C@H]1COC1CCC(c2ccccc2)CC1. The highest BCUT2D eigenvalue weighted by Crippen LogP contribution is 2.34. The Kier molecular flexibility index (Phi) is 7.25. The number of nitrogens with zero attached hydrogens (tertiary/aromatic N) is 2. The number of rotatable bonds is 7. The molecule has 1 aromatic heterocycles. The first-order valence-electron chi connectivity index (χ1n) is 11.3. The Balaban J connectivity index is 1.34. The van der Waals surface area contributed by atoms with Crippen molar-refractivity contribution in [2.75, 3.05) is 30.9 Å². The minimum absolute atomic E-state index is 0.0939. The number of pyridine rings is 1. The van der Waals surface area contributed by atoms with Gasteiger partial charge < -0.3 is 9.64 Å². The summed E-state index contributed by atoms with van der Waals surface area (Å²) in [6.45, 7) is 2.14. The first-order valence-corrected chi connectivity index (χ1v) is 13.2. The molecule has 1 saturated heterocycles. The molecule has 1 unspecified atom stereocenters. The van der Waals surface area contributed by atoms with E-state index in [4.69, 9.17) is 4.74 Å². The summed E-state index contributed by atoms with van der Waals surface area (Å²) in [6, 6.07) is 14.6. The summed E-state index contributed by atoms with van der Waals surface area (Å²) in [7, 11) is -3.26. The number of nitrogens with one attached hydrogen (secondary N) is 1. The van der Waals surface area contributed by atoms with Gasteiger partial charge in [0, 0.05) is 31.2 Å². The van der Waals surface area contributed by atoms with Crippen LogP contribution in [-0.2, 0) is 14.8 Å². The monoisotopic (exact) mass is 443 g/mol. The predicted octanol–water partition coefficient (Wildman–Crippen LogP) is 3.57. The average molecular weight is 444 g/mol. The standard InChI is InChI=1S/C24H33N3O3S/c1-31(28,29)26-24-13-15-27(22-8-5-14-25-16-22)17-21(24)18-30-23-11-9-20(10-12-23)19-6-3-2-4-7-19/h2-8,14,16,20-21,23-24,26H,9-13,15,17-18H2,1H3/t20?,21-,23?,24?/m0/s1. The number of sulfonamides is 1. The van der Waals surface area contributed by atoms with Crippen molar-refractivity contribution < 1.29 is 13.2 Å². The van der Waals surface area contributed by atoms with E-state index in [1.54, 1.807) is 6.20 Å². The number of aromatic nitrogens is 1. The normalized spacial score (nSPS) is 27.2. The van der Waals surface area contributed by atoms with Crippen LogP contribution in [0.5, 0.6) is 0 Å². The van der Waals surface area contributed by atoms with E-state index in [-0.39, 0.29) is 18.1 Å². The highest BCUT2D eigenvalue weighted by atomic mass is 32.2. The highest BCUT2D eigenvalue weighted by molar-refractivity contribution is 7.88. The summed E-state index contributed by atoms with van der Waals surface area (Å²) in [5.74, 6) is 0.729. The molecule has 4 rings (SSSR count). The fourth-order valence-electron chi connectivity index (χ4n) is 4.95. The minimum atomic E-state index is -3.26. The van der Waals surface area contributed by atoms with Gasteiger partial charge in [-0.15, -0.1) is 0 Å². The third kappa shape index (κ3) is 6.28. The number of ether oxygens (including phenoxy) is 1. The molecule has 1 aliphatic carbocycles. The third-order valence-corrected chi connectivity index (χ3v) is 7.33. The maximum atomic E-state index is 11.9. The van der Waals surface area contributed by atoms with Crippen molar-refractivity contribution in [2.45, 2.75) is 50.2 Å². The molecule has 7 heteroatoms. The summed E-state index contributed by atoms with van der Waals surface area (Å²) < 4.78 is 33.0. The molecule has 2 fully saturated rings. The first kappa shape index (κ1) is 22.2. The van der Waals surface area contributed by atoms with Crippen molar-refractivity contribution in [3.8, 4) is 0 Å². The summed E-state index contributed by atoms with van der Waals surface area (Å²) in [5.41, 5.74) is 2.51. The maximum Gasteiger partial charge on any atom is 0.208 e. The van der Waals surface area contributed by atoms with Gasteiger partial charge in [-0.1, -0.05) is 30.3 Å². The molecule has 0 spiro atoms. The van der Waals surface area contributed by atoms with Gasteiger partial charge in [-0.25, -0.2) is 13.1 Å². The Morgan fingerprint density at radius 3 is 2.52 bits per heavy atom. The van der Waals surface area contributed by atoms with Gasteiger partial charge in [-0.05, 0) is 55.7 Å². The van der Waals surface area contributed by atoms with Crippen LogP contribution < -0.4 is 9.62 Å². The molecule has 31 heavy (non-hydrogen) atoms. The Morgan fingerprint density at radius 2 is 1.84 bits per heavy atom. The van der Waals surface area contributed by atoms with Gasteiger partial charge in [0.05, 0.1) is 30.9 Å². The number of hydrogen-bond acceptors (Lipinski definition) is 5. The summed E-state index contributed by atoms with van der Waals surface area (Å²) in [6.07, 6.45) is 10.3. The zero-order valence-electron chi connectivity index (χ0n) is 18.2. The molecule has 2 aromatic rings. The van der Waals surface area contributed by atoms with Crippen molar-refractivity contribution in [1.82, 2.24) is 9.71 Å². The molecule has 2 heterocycles. The zero-order valence-corrected chi connectivity index (χ0v) is 19.0. The zero-order chi connectivity index (χ0) is 21.7. The second-order valence-corrected chi connectivity index (χ2v) is 10.7.